The maximum absolute atomic E-state index is 16.1. The van der Waals surface area contributed by atoms with E-state index in [1.54, 1.807) is 9.80 Å². The Morgan fingerprint density at radius 3 is 2.41 bits per heavy atom. The molecule has 5 rings (SSSR count). The summed E-state index contributed by atoms with van der Waals surface area (Å²) in [6.45, 7) is 10.1. The van der Waals surface area contributed by atoms with Gasteiger partial charge in [0.2, 0.25) is 5.91 Å². The van der Waals surface area contributed by atoms with Crippen LogP contribution in [0.5, 0.6) is 5.75 Å². The van der Waals surface area contributed by atoms with Crippen LogP contribution in [0, 0.1) is 5.82 Å². The molecule has 0 radical (unpaired) electrons. The number of carbonyl (C=O) groups excluding carboxylic acids is 1. The number of piperazine rings is 1. The van der Waals surface area contributed by atoms with Crippen molar-refractivity contribution in [3.05, 3.63) is 81.8 Å². The number of phenols is 1. The van der Waals surface area contributed by atoms with Crippen molar-refractivity contribution in [3.8, 4) is 11.4 Å². The van der Waals surface area contributed by atoms with E-state index in [1.165, 1.54) is 24.5 Å². The van der Waals surface area contributed by atoms with Crippen LogP contribution in [-0.2, 0) is 17.6 Å². The number of phenolic OH excluding ortho intramolecular Hbond substituents is 1. The van der Waals surface area contributed by atoms with E-state index < -0.39 is 34.7 Å². The van der Waals surface area contributed by atoms with Crippen LogP contribution in [-0.4, -0.2) is 66.3 Å². The Balaban J connectivity index is 1.80. The molecule has 2 atom stereocenters. The summed E-state index contributed by atoms with van der Waals surface area (Å²) in [6.07, 6.45) is 6.07. The summed E-state index contributed by atoms with van der Waals surface area (Å²) in [5.74, 6) is -2.80. The Labute approximate surface area is 253 Å². The third kappa shape index (κ3) is 5.32. The van der Waals surface area contributed by atoms with Crippen molar-refractivity contribution in [1.29, 1.82) is 0 Å². The molecule has 2 N–H and O–H groups in total. The number of rotatable bonds is 8. The Hall–Kier alpha value is -4.65. The Kier molecular flexibility index (Phi) is 8.77. The fourth-order valence-electron chi connectivity index (χ4n) is 5.96. The van der Waals surface area contributed by atoms with Crippen molar-refractivity contribution in [1.82, 2.24) is 24.4 Å². The lowest BCUT2D eigenvalue weighted by atomic mass is 9.98. The highest BCUT2D eigenvalue weighted by molar-refractivity contribution is 5.87. The van der Waals surface area contributed by atoms with Gasteiger partial charge in [0, 0.05) is 25.7 Å². The second-order valence-corrected chi connectivity index (χ2v) is 10.9. The molecule has 2 aliphatic rings. The van der Waals surface area contributed by atoms with Gasteiger partial charge in [-0.1, -0.05) is 39.3 Å². The van der Waals surface area contributed by atoms with Crippen LogP contribution in [0.1, 0.15) is 62.2 Å². The minimum absolute atomic E-state index is 0.0702. The van der Waals surface area contributed by atoms with Gasteiger partial charge in [0.1, 0.15) is 35.6 Å². The molecule has 2 aliphatic heterocycles. The molecular formula is C31H35F2N7O4. The molecule has 0 bridgehead atoms. The maximum atomic E-state index is 16.1. The lowest BCUT2D eigenvalue weighted by Gasteiger charge is -2.42. The van der Waals surface area contributed by atoms with Gasteiger partial charge in [0.05, 0.1) is 28.2 Å². The number of fused-ring (bicyclic) bond motifs is 1. The van der Waals surface area contributed by atoms with Crippen molar-refractivity contribution in [2.24, 2.45) is 0 Å². The molecule has 0 spiro atoms. The minimum atomic E-state index is -1.81. The number of anilines is 2. The number of hydrogen-bond donors (Lipinski definition) is 2. The number of hydrogen-bond acceptors (Lipinski definition) is 9. The molecule has 1 fully saturated rings. The van der Waals surface area contributed by atoms with Crippen molar-refractivity contribution in [3.63, 3.8) is 0 Å². The van der Waals surface area contributed by atoms with Gasteiger partial charge in [-0.05, 0) is 44.1 Å². The highest BCUT2D eigenvalue weighted by Gasteiger charge is 2.40. The van der Waals surface area contributed by atoms with Gasteiger partial charge in [-0.15, -0.1) is 0 Å². The topological polar surface area (TPSA) is 128 Å². The standard InChI is InChI=1S/C31H35F2N7O4/c1-5-9-22-28(23(10-6-2)35-17-34-22)39-30-19(15-21(33)27(40(30)44)26-20(32)11-8-12-24(26)41)29(36-31(39)43)38-14-13-37(16-18(38)4)25(42)7-3/h7-8,11-12,15,17-18,27,41,44H,3,5-6,9-10,13-14,16H2,1-2,4H3/t18-,27?/m0/s1. The smallest absolute Gasteiger partial charge is 0.355 e. The van der Waals surface area contributed by atoms with Crippen molar-refractivity contribution in [2.75, 3.05) is 29.6 Å². The molecule has 11 nitrogen and oxygen atoms in total. The summed E-state index contributed by atoms with van der Waals surface area (Å²) in [5, 5.41) is 22.8. The number of halogens is 2. The normalized spacial score (nSPS) is 18.2. The third-order valence-corrected chi connectivity index (χ3v) is 7.95. The number of hydroxylamine groups is 1. The van der Waals surface area contributed by atoms with Crippen molar-refractivity contribution in [2.45, 2.75) is 58.5 Å². The zero-order valence-electron chi connectivity index (χ0n) is 24.9. The van der Waals surface area contributed by atoms with Crippen LogP contribution in [0.15, 0.2) is 47.8 Å². The lowest BCUT2D eigenvalue weighted by Crippen LogP contribution is -2.54. The van der Waals surface area contributed by atoms with Crippen LogP contribution >= 0.6 is 0 Å². The quantitative estimate of drug-likeness (QED) is 0.361. The van der Waals surface area contributed by atoms with Gasteiger partial charge in [0.25, 0.3) is 0 Å². The lowest BCUT2D eigenvalue weighted by molar-refractivity contribution is -0.126. The number of amides is 1. The molecule has 4 heterocycles. The second-order valence-electron chi connectivity index (χ2n) is 10.9. The Morgan fingerprint density at radius 2 is 1.82 bits per heavy atom. The first-order valence-corrected chi connectivity index (χ1v) is 14.6. The molecular weight excluding hydrogens is 572 g/mol. The van der Waals surface area contributed by atoms with E-state index in [4.69, 9.17) is 0 Å². The molecule has 13 heteroatoms. The van der Waals surface area contributed by atoms with Gasteiger partial charge in [-0.2, -0.15) is 4.98 Å². The van der Waals surface area contributed by atoms with Crippen LogP contribution in [0.2, 0.25) is 0 Å². The predicted octanol–water partition coefficient (Wildman–Crippen LogP) is 4.26. The van der Waals surface area contributed by atoms with E-state index >= 15 is 8.78 Å². The van der Waals surface area contributed by atoms with Crippen LogP contribution in [0.25, 0.3) is 11.8 Å². The summed E-state index contributed by atoms with van der Waals surface area (Å²) in [6, 6.07) is 1.35. The average Bonchev–Trinajstić information content (AvgIpc) is 2.99. The summed E-state index contributed by atoms with van der Waals surface area (Å²) >= 11 is 0. The van der Waals surface area contributed by atoms with Gasteiger partial charge in [0.15, 0.2) is 5.82 Å². The van der Waals surface area contributed by atoms with E-state index in [0.29, 0.717) is 60.9 Å². The van der Waals surface area contributed by atoms with E-state index in [-0.39, 0.29) is 35.7 Å². The number of benzene rings is 1. The van der Waals surface area contributed by atoms with Crippen molar-refractivity contribution < 1.29 is 23.9 Å². The first-order valence-electron chi connectivity index (χ1n) is 14.6. The first kappa shape index (κ1) is 30.8. The summed E-state index contributed by atoms with van der Waals surface area (Å²) < 4.78 is 32.3. The molecule has 44 heavy (non-hydrogen) atoms. The van der Waals surface area contributed by atoms with Crippen molar-refractivity contribution >= 4 is 23.6 Å². The zero-order valence-corrected chi connectivity index (χ0v) is 24.9. The van der Waals surface area contributed by atoms with E-state index in [1.807, 2.05) is 20.8 Å². The fourth-order valence-corrected chi connectivity index (χ4v) is 5.96. The van der Waals surface area contributed by atoms with Crippen LogP contribution in [0.4, 0.5) is 20.4 Å². The summed E-state index contributed by atoms with van der Waals surface area (Å²) in [7, 11) is 0. The fraction of sp³-hybridized carbons (Fsp3) is 0.387. The molecule has 3 aromatic rings. The highest BCUT2D eigenvalue weighted by Crippen LogP contribution is 2.46. The molecule has 0 aliphatic carbocycles. The van der Waals surface area contributed by atoms with Gasteiger partial charge < -0.3 is 14.9 Å². The predicted molar refractivity (Wildman–Crippen MR) is 161 cm³/mol. The van der Waals surface area contributed by atoms with E-state index in [0.717, 1.165) is 16.7 Å². The molecule has 1 aromatic carbocycles. The van der Waals surface area contributed by atoms with Gasteiger partial charge >= 0.3 is 5.69 Å². The second kappa shape index (κ2) is 12.5. The highest BCUT2D eigenvalue weighted by atomic mass is 19.1. The van der Waals surface area contributed by atoms with Crippen LogP contribution in [0.3, 0.4) is 0 Å². The SMILES string of the molecule is C=CC(=O)N1CCN(c2nc(=O)n(-c3c(CCC)ncnc3CCC)c3c2C=C(F)C(c2c(O)cccc2F)N3O)[C@@H](C)C1. The number of carbonyl (C=O) groups is 1. The number of nitrogens with zero attached hydrogens (tertiary/aromatic N) is 7. The Bertz CT molecular complexity index is 1650. The minimum Gasteiger partial charge on any atom is -0.507 e. The number of aromatic nitrogens is 4. The molecule has 0 saturated carbocycles. The number of aryl methyl sites for hydroxylation is 2. The molecule has 1 unspecified atom stereocenters. The van der Waals surface area contributed by atoms with Gasteiger partial charge in [-0.3, -0.25) is 10.0 Å². The molecule has 2 aromatic heterocycles. The first-order chi connectivity index (χ1) is 21.1. The van der Waals surface area contributed by atoms with E-state index in [2.05, 4.69) is 21.5 Å². The zero-order chi connectivity index (χ0) is 31.7. The third-order valence-electron chi connectivity index (χ3n) is 7.95. The largest absolute Gasteiger partial charge is 0.507 e. The summed E-state index contributed by atoms with van der Waals surface area (Å²) in [5.41, 5.74) is 0.166. The van der Waals surface area contributed by atoms with Gasteiger partial charge in [-0.25, -0.2) is 33.2 Å². The summed E-state index contributed by atoms with van der Waals surface area (Å²) in [4.78, 5) is 43.1. The molecule has 1 amide bonds. The number of aromatic hydroxyl groups is 1. The van der Waals surface area contributed by atoms with Crippen LogP contribution < -0.4 is 15.7 Å². The Morgan fingerprint density at radius 1 is 1.14 bits per heavy atom. The maximum Gasteiger partial charge on any atom is 0.355 e. The average molecular weight is 608 g/mol. The van der Waals surface area contributed by atoms with E-state index in [9.17, 15) is 19.9 Å². The molecule has 1 saturated heterocycles. The monoisotopic (exact) mass is 607 g/mol. The molecule has 232 valence electrons.